The molecule has 0 unspecified atom stereocenters. The first kappa shape index (κ1) is 15.8. The number of hydrogen-bond acceptors (Lipinski definition) is 0. The first-order valence-electron chi connectivity index (χ1n) is 1.82. The minimum absolute atomic E-state index is 0. The van der Waals surface area contributed by atoms with Gasteiger partial charge in [0, 0.05) is 0 Å². The quantitative estimate of drug-likeness (QED) is 0.341. The average molecular weight is 172 g/mol. The molecule has 1 aliphatic rings. The molecule has 0 aromatic rings. The van der Waals surface area contributed by atoms with Crippen molar-refractivity contribution >= 4 is 0 Å². The normalized spacial score (nSPS) is 11.0. The Balaban J connectivity index is -0.0000000833. The smallest absolute Gasteiger partial charge is 0.0163 e. The van der Waals surface area contributed by atoms with Gasteiger partial charge < -0.3 is 37.2 Å². The fourth-order valence-electron chi connectivity index (χ4n) is 0.393. The van der Waals surface area contributed by atoms with Crippen LogP contribution in [0.25, 0.3) is 0 Å². The van der Waals surface area contributed by atoms with Crippen molar-refractivity contribution in [3.63, 3.8) is 0 Å². The van der Waals surface area contributed by atoms with E-state index in [4.69, 9.17) is 0 Å². The summed E-state index contributed by atoms with van der Waals surface area (Å²) in [7, 11) is 0. The van der Waals surface area contributed by atoms with Crippen LogP contribution in [0, 0.1) is 0 Å². The molecule has 50 valence electrons. The van der Waals surface area contributed by atoms with Crippen LogP contribution >= 0.6 is 0 Å². The first-order valence-corrected chi connectivity index (χ1v) is 1.82. The Morgan fingerprint density at radius 3 is 1.25 bits per heavy atom. The van der Waals surface area contributed by atoms with Gasteiger partial charge in [0.15, 0.2) is 0 Å². The second-order valence-electron chi connectivity index (χ2n) is 1.09. The van der Waals surface area contributed by atoms with Crippen molar-refractivity contribution in [2.75, 3.05) is 0 Å². The van der Waals surface area contributed by atoms with E-state index < -0.39 is 0 Å². The molecule has 0 N–H and O–H groups in total. The molecule has 1 aliphatic carbocycles. The van der Waals surface area contributed by atoms with Gasteiger partial charge in [0.05, 0.1) is 0 Å². The van der Waals surface area contributed by atoms with Gasteiger partial charge in [0.2, 0.25) is 0 Å². The van der Waals surface area contributed by atoms with E-state index in [-0.39, 0.29) is 37.2 Å². The minimum Gasteiger partial charge on any atom is -1.00 e. The van der Waals surface area contributed by atoms with E-state index in [1.807, 2.05) is 0 Å². The molecule has 0 aromatic heterocycles. The van der Waals surface area contributed by atoms with E-state index in [2.05, 4.69) is 24.3 Å². The summed E-state index contributed by atoms with van der Waals surface area (Å²) in [5, 5.41) is 0. The van der Waals surface area contributed by atoms with Crippen molar-refractivity contribution in [1.29, 1.82) is 0 Å². The van der Waals surface area contributed by atoms with Crippen molar-refractivity contribution in [3.05, 3.63) is 24.3 Å². The minimum atomic E-state index is 0. The summed E-state index contributed by atoms with van der Waals surface area (Å²) < 4.78 is 0. The Labute approximate surface area is 68.3 Å². The van der Waals surface area contributed by atoms with E-state index in [9.17, 15) is 0 Å². The molecule has 8 heavy (non-hydrogen) atoms. The first-order chi connectivity index (χ1) is 2.50. The van der Waals surface area contributed by atoms with Crippen LogP contribution in [-0.2, 0) is 0 Å². The average Bonchev–Trinajstić information content (AvgIpc) is 1.76. The monoisotopic (exact) mass is 171 g/mol. The second kappa shape index (κ2) is 10.4. The van der Waals surface area contributed by atoms with Crippen LogP contribution < -0.4 is 37.2 Å². The molecule has 0 aliphatic heterocycles. The number of rotatable bonds is 0. The van der Waals surface area contributed by atoms with Gasteiger partial charge in [0.25, 0.3) is 0 Å². The SMILES string of the molecule is C1=CCC=C1.[Cl-].[Cl-].[Cl-]. The third-order valence-electron chi connectivity index (χ3n) is 0.655. The molecule has 1 rings (SSSR count). The second-order valence-corrected chi connectivity index (χ2v) is 1.09. The van der Waals surface area contributed by atoms with E-state index in [0.717, 1.165) is 6.42 Å². The third-order valence-corrected chi connectivity index (χ3v) is 0.655. The molecule has 0 fully saturated rings. The van der Waals surface area contributed by atoms with Crippen LogP contribution in [0.15, 0.2) is 24.3 Å². The van der Waals surface area contributed by atoms with Gasteiger partial charge in [-0.15, -0.1) is 0 Å². The fraction of sp³-hybridized carbons (Fsp3) is 0.200. The molecule has 0 saturated heterocycles. The predicted molar refractivity (Wildman–Crippen MR) is 22.9 cm³/mol. The highest BCUT2D eigenvalue weighted by atomic mass is 35.5. The zero-order valence-electron chi connectivity index (χ0n) is 4.15. The van der Waals surface area contributed by atoms with Crippen LogP contribution in [0.2, 0.25) is 0 Å². The maximum absolute atomic E-state index is 2.12. The molecule has 0 aromatic carbocycles. The summed E-state index contributed by atoms with van der Waals surface area (Å²) in [5.74, 6) is 0. The lowest BCUT2D eigenvalue weighted by molar-refractivity contribution is -0.00100. The predicted octanol–water partition coefficient (Wildman–Crippen LogP) is -7.49. The summed E-state index contributed by atoms with van der Waals surface area (Å²) in [4.78, 5) is 0. The van der Waals surface area contributed by atoms with Gasteiger partial charge in [-0.1, -0.05) is 24.3 Å². The lowest BCUT2D eigenvalue weighted by Gasteiger charge is -1.57. The van der Waals surface area contributed by atoms with Crippen LogP contribution in [0.1, 0.15) is 6.42 Å². The van der Waals surface area contributed by atoms with Crippen LogP contribution in [0.5, 0.6) is 0 Å². The number of halogens is 3. The Bertz CT molecular complexity index is 65.7. The summed E-state index contributed by atoms with van der Waals surface area (Å²) in [5.41, 5.74) is 0. The molecule has 0 atom stereocenters. The highest BCUT2D eigenvalue weighted by molar-refractivity contribution is 5.11. The van der Waals surface area contributed by atoms with Gasteiger partial charge in [0.1, 0.15) is 0 Å². The highest BCUT2D eigenvalue weighted by Gasteiger charge is 1.72. The molecule has 0 saturated carbocycles. The van der Waals surface area contributed by atoms with E-state index >= 15 is 0 Å². The highest BCUT2D eigenvalue weighted by Crippen LogP contribution is 1.93. The van der Waals surface area contributed by atoms with Gasteiger partial charge in [-0.05, 0) is 6.42 Å². The number of hydrogen-bond donors (Lipinski definition) is 0. The summed E-state index contributed by atoms with van der Waals surface area (Å²) >= 11 is 0. The van der Waals surface area contributed by atoms with Crippen molar-refractivity contribution in [3.8, 4) is 0 Å². The molecule has 0 nitrogen and oxygen atoms in total. The standard InChI is InChI=1S/C5H6.3ClH/c1-2-4-5-3-1;;;/h1-4H,5H2;3*1H/p-3. The molecule has 3 heteroatoms. The van der Waals surface area contributed by atoms with Gasteiger partial charge >= 0.3 is 0 Å². The summed E-state index contributed by atoms with van der Waals surface area (Å²) in [6.07, 6.45) is 9.50. The molecule has 0 bridgehead atoms. The van der Waals surface area contributed by atoms with Crippen molar-refractivity contribution < 1.29 is 37.2 Å². The summed E-state index contributed by atoms with van der Waals surface area (Å²) in [6, 6.07) is 0. The molecule has 0 radical (unpaired) electrons. The Morgan fingerprint density at radius 1 is 0.750 bits per heavy atom. The molecule has 0 amide bonds. The van der Waals surface area contributed by atoms with Crippen LogP contribution in [-0.4, -0.2) is 0 Å². The Morgan fingerprint density at radius 2 is 1.12 bits per heavy atom. The lowest BCUT2D eigenvalue weighted by atomic mass is 10.5. The van der Waals surface area contributed by atoms with Crippen molar-refractivity contribution in [2.24, 2.45) is 0 Å². The zero-order chi connectivity index (χ0) is 3.54. The van der Waals surface area contributed by atoms with Gasteiger partial charge in [-0.2, -0.15) is 0 Å². The van der Waals surface area contributed by atoms with Crippen LogP contribution in [0.4, 0.5) is 0 Å². The van der Waals surface area contributed by atoms with Gasteiger partial charge in [-0.25, -0.2) is 0 Å². The molecular formula is C5H6Cl3-3. The Kier molecular flexibility index (Phi) is 20.4. The fourth-order valence-corrected chi connectivity index (χ4v) is 0.393. The van der Waals surface area contributed by atoms with Crippen molar-refractivity contribution in [2.45, 2.75) is 6.42 Å². The van der Waals surface area contributed by atoms with E-state index in [1.54, 1.807) is 0 Å². The van der Waals surface area contributed by atoms with Gasteiger partial charge in [-0.3, -0.25) is 0 Å². The Hall–Kier alpha value is 0.350. The maximum atomic E-state index is 2.12. The van der Waals surface area contributed by atoms with E-state index in [0.29, 0.717) is 0 Å². The van der Waals surface area contributed by atoms with E-state index in [1.165, 1.54) is 0 Å². The topological polar surface area (TPSA) is 0 Å². The summed E-state index contributed by atoms with van der Waals surface area (Å²) in [6.45, 7) is 0. The third kappa shape index (κ3) is 6.35. The lowest BCUT2D eigenvalue weighted by Crippen LogP contribution is -3.00. The number of allylic oxidation sites excluding steroid dienone is 4. The molecular weight excluding hydrogens is 166 g/mol. The zero-order valence-corrected chi connectivity index (χ0v) is 6.42. The molecule has 0 heterocycles. The largest absolute Gasteiger partial charge is 1.00 e. The molecule has 0 spiro atoms. The van der Waals surface area contributed by atoms with Crippen molar-refractivity contribution in [1.82, 2.24) is 0 Å². The maximum Gasteiger partial charge on any atom is -0.0163 e. The van der Waals surface area contributed by atoms with Crippen LogP contribution in [0.3, 0.4) is 0 Å².